The van der Waals surface area contributed by atoms with Gasteiger partial charge in [0.15, 0.2) is 0 Å². The van der Waals surface area contributed by atoms with Crippen LogP contribution in [0.3, 0.4) is 0 Å². The van der Waals surface area contributed by atoms with Crippen molar-refractivity contribution in [3.8, 4) is 10.7 Å². The lowest BCUT2D eigenvalue weighted by Crippen LogP contribution is -2.48. The van der Waals surface area contributed by atoms with Crippen LogP contribution >= 0.6 is 11.3 Å². The van der Waals surface area contributed by atoms with Gasteiger partial charge in [-0.05, 0) is 30.5 Å². The average Bonchev–Trinajstić information content (AvgIpc) is 3.33. The molecule has 0 radical (unpaired) electrons. The lowest BCUT2D eigenvalue weighted by Gasteiger charge is -2.34. The van der Waals surface area contributed by atoms with Crippen LogP contribution < -0.4 is 0 Å². The number of aromatic nitrogens is 2. The molecule has 26 heavy (non-hydrogen) atoms. The molecular weight excluding hydrogens is 348 g/mol. The normalized spacial score (nSPS) is 15.3. The zero-order valence-corrected chi connectivity index (χ0v) is 15.4. The summed E-state index contributed by atoms with van der Waals surface area (Å²) in [6, 6.07) is 11.7. The summed E-state index contributed by atoms with van der Waals surface area (Å²) in [6.45, 7) is 5.63. The van der Waals surface area contributed by atoms with Gasteiger partial charge in [-0.25, -0.2) is 0 Å². The fraction of sp³-hybridized carbons (Fsp3) is 0.316. The van der Waals surface area contributed by atoms with Crippen molar-refractivity contribution in [2.45, 2.75) is 13.5 Å². The number of hydrogen-bond donors (Lipinski definition) is 0. The molecule has 1 aromatic carbocycles. The Balaban J connectivity index is 1.33. The molecular formula is C19H20N4O2S. The van der Waals surface area contributed by atoms with Crippen LogP contribution in [0.15, 0.2) is 46.3 Å². The zero-order valence-electron chi connectivity index (χ0n) is 14.6. The minimum absolute atomic E-state index is 0.103. The maximum atomic E-state index is 12.6. The van der Waals surface area contributed by atoms with E-state index in [1.165, 1.54) is 0 Å². The quantitative estimate of drug-likeness (QED) is 0.708. The molecule has 6 nitrogen and oxygen atoms in total. The molecule has 134 valence electrons. The van der Waals surface area contributed by atoms with Crippen LogP contribution in [0, 0.1) is 6.92 Å². The van der Waals surface area contributed by atoms with Gasteiger partial charge in [-0.2, -0.15) is 4.98 Å². The number of benzene rings is 1. The number of thiophene rings is 1. The summed E-state index contributed by atoms with van der Waals surface area (Å²) >= 11 is 1.60. The van der Waals surface area contributed by atoms with E-state index in [4.69, 9.17) is 4.52 Å². The van der Waals surface area contributed by atoms with Gasteiger partial charge in [0.25, 0.3) is 5.91 Å². The zero-order chi connectivity index (χ0) is 17.9. The van der Waals surface area contributed by atoms with Gasteiger partial charge in [-0.15, -0.1) is 11.3 Å². The Morgan fingerprint density at radius 3 is 2.77 bits per heavy atom. The molecule has 0 spiro atoms. The van der Waals surface area contributed by atoms with Gasteiger partial charge in [0.05, 0.1) is 11.4 Å². The Hall–Kier alpha value is -2.51. The van der Waals surface area contributed by atoms with Crippen molar-refractivity contribution in [3.63, 3.8) is 0 Å². The van der Waals surface area contributed by atoms with E-state index in [0.717, 1.165) is 29.1 Å². The molecule has 0 atom stereocenters. The third kappa shape index (κ3) is 3.68. The number of rotatable bonds is 4. The van der Waals surface area contributed by atoms with Gasteiger partial charge < -0.3 is 9.42 Å². The van der Waals surface area contributed by atoms with Crippen molar-refractivity contribution in [1.82, 2.24) is 19.9 Å². The highest BCUT2D eigenvalue weighted by molar-refractivity contribution is 7.13. The third-order valence-electron chi connectivity index (χ3n) is 4.49. The fourth-order valence-corrected chi connectivity index (χ4v) is 3.74. The van der Waals surface area contributed by atoms with Crippen molar-refractivity contribution >= 4 is 17.2 Å². The maximum Gasteiger partial charge on any atom is 0.253 e. The van der Waals surface area contributed by atoms with Crippen molar-refractivity contribution < 1.29 is 9.32 Å². The standard InChI is InChI=1S/C19H20N4O2S/c1-14-4-2-5-15(12-14)19(24)23-9-7-22(8-10-23)13-17-20-18(21-25-17)16-6-3-11-26-16/h2-6,11-12H,7-10,13H2,1H3. The molecule has 1 amide bonds. The highest BCUT2D eigenvalue weighted by Gasteiger charge is 2.23. The van der Waals surface area contributed by atoms with Gasteiger partial charge in [0.2, 0.25) is 11.7 Å². The average molecular weight is 368 g/mol. The predicted octanol–water partition coefficient (Wildman–Crippen LogP) is 3.06. The van der Waals surface area contributed by atoms with Gasteiger partial charge in [0.1, 0.15) is 0 Å². The number of amides is 1. The SMILES string of the molecule is Cc1cccc(C(=O)N2CCN(Cc3nc(-c4cccs4)no3)CC2)c1. The van der Waals surface area contributed by atoms with Crippen molar-refractivity contribution in [3.05, 3.63) is 58.8 Å². The Bertz CT molecular complexity index is 883. The van der Waals surface area contributed by atoms with Crippen LogP contribution in [0.1, 0.15) is 21.8 Å². The van der Waals surface area contributed by atoms with Crippen LogP contribution in [-0.4, -0.2) is 52.0 Å². The monoisotopic (exact) mass is 368 g/mol. The lowest BCUT2D eigenvalue weighted by molar-refractivity contribution is 0.0615. The number of carbonyl (C=O) groups is 1. The van der Waals surface area contributed by atoms with E-state index in [0.29, 0.717) is 31.3 Å². The van der Waals surface area contributed by atoms with Crippen LogP contribution in [0.2, 0.25) is 0 Å². The molecule has 1 aliphatic heterocycles. The summed E-state index contributed by atoms with van der Waals surface area (Å²) in [4.78, 5) is 22.3. The summed E-state index contributed by atoms with van der Waals surface area (Å²) in [5, 5.41) is 6.04. The molecule has 1 fully saturated rings. The lowest BCUT2D eigenvalue weighted by atomic mass is 10.1. The Morgan fingerprint density at radius 2 is 2.04 bits per heavy atom. The molecule has 0 bridgehead atoms. The summed E-state index contributed by atoms with van der Waals surface area (Å²) in [7, 11) is 0. The van der Waals surface area contributed by atoms with Crippen molar-refractivity contribution in [2.24, 2.45) is 0 Å². The van der Waals surface area contributed by atoms with Gasteiger partial charge in [-0.3, -0.25) is 9.69 Å². The largest absolute Gasteiger partial charge is 0.338 e. The second-order valence-corrected chi connectivity index (χ2v) is 7.37. The van der Waals surface area contributed by atoms with Gasteiger partial charge in [-0.1, -0.05) is 28.9 Å². The van der Waals surface area contributed by atoms with Crippen LogP contribution in [0.4, 0.5) is 0 Å². The Labute approximate surface area is 156 Å². The van der Waals surface area contributed by atoms with E-state index < -0.39 is 0 Å². The Morgan fingerprint density at radius 1 is 1.19 bits per heavy atom. The highest BCUT2D eigenvalue weighted by atomic mass is 32.1. The Kier molecular flexibility index (Phi) is 4.81. The van der Waals surface area contributed by atoms with Gasteiger partial charge in [0, 0.05) is 31.7 Å². The number of hydrogen-bond acceptors (Lipinski definition) is 6. The fourth-order valence-electron chi connectivity index (χ4n) is 3.09. The summed E-state index contributed by atoms with van der Waals surface area (Å²) < 4.78 is 5.37. The first-order valence-corrected chi connectivity index (χ1v) is 9.52. The molecule has 2 aromatic heterocycles. The summed E-state index contributed by atoms with van der Waals surface area (Å²) in [6.07, 6.45) is 0. The third-order valence-corrected chi connectivity index (χ3v) is 5.36. The van der Waals surface area contributed by atoms with Crippen molar-refractivity contribution in [1.29, 1.82) is 0 Å². The van der Waals surface area contributed by atoms with Crippen molar-refractivity contribution in [2.75, 3.05) is 26.2 Å². The molecule has 3 aromatic rings. The van der Waals surface area contributed by atoms with E-state index in [-0.39, 0.29) is 5.91 Å². The smallest absolute Gasteiger partial charge is 0.253 e. The van der Waals surface area contributed by atoms with E-state index >= 15 is 0 Å². The number of nitrogens with zero attached hydrogens (tertiary/aromatic N) is 4. The number of piperazine rings is 1. The molecule has 4 rings (SSSR count). The first-order chi connectivity index (χ1) is 12.7. The molecule has 0 aliphatic carbocycles. The molecule has 0 saturated carbocycles. The molecule has 7 heteroatoms. The second kappa shape index (κ2) is 7.39. The first kappa shape index (κ1) is 16.9. The minimum Gasteiger partial charge on any atom is -0.338 e. The van der Waals surface area contributed by atoms with Crippen LogP contribution in [0.25, 0.3) is 10.7 Å². The predicted molar refractivity (Wildman–Crippen MR) is 100.0 cm³/mol. The van der Waals surface area contributed by atoms with E-state index in [2.05, 4.69) is 15.0 Å². The highest BCUT2D eigenvalue weighted by Crippen LogP contribution is 2.21. The van der Waals surface area contributed by atoms with E-state index in [1.807, 2.05) is 53.6 Å². The number of aryl methyl sites for hydroxylation is 1. The van der Waals surface area contributed by atoms with Crippen LogP contribution in [0.5, 0.6) is 0 Å². The molecule has 1 aliphatic rings. The molecule has 1 saturated heterocycles. The molecule has 0 N–H and O–H groups in total. The number of carbonyl (C=O) groups excluding carboxylic acids is 1. The maximum absolute atomic E-state index is 12.6. The second-order valence-electron chi connectivity index (χ2n) is 6.43. The topological polar surface area (TPSA) is 62.5 Å². The van der Waals surface area contributed by atoms with E-state index in [1.54, 1.807) is 11.3 Å². The molecule has 3 heterocycles. The molecule has 0 unspecified atom stereocenters. The summed E-state index contributed by atoms with van der Waals surface area (Å²) in [5.74, 6) is 1.36. The first-order valence-electron chi connectivity index (χ1n) is 8.64. The summed E-state index contributed by atoms with van der Waals surface area (Å²) in [5.41, 5.74) is 1.86. The minimum atomic E-state index is 0.103. The van der Waals surface area contributed by atoms with Crippen LogP contribution in [-0.2, 0) is 6.54 Å². The van der Waals surface area contributed by atoms with E-state index in [9.17, 15) is 4.79 Å². The van der Waals surface area contributed by atoms with Gasteiger partial charge >= 0.3 is 0 Å².